The lowest BCUT2D eigenvalue weighted by Crippen LogP contribution is -2.26. The minimum atomic E-state index is -3.52. The van der Waals surface area contributed by atoms with Gasteiger partial charge in [0, 0.05) is 6.54 Å². The van der Waals surface area contributed by atoms with Crippen molar-refractivity contribution in [2.45, 2.75) is 26.0 Å². The van der Waals surface area contributed by atoms with Crippen LogP contribution in [0.2, 0.25) is 0 Å². The molecule has 0 unspecified atom stereocenters. The van der Waals surface area contributed by atoms with Crippen LogP contribution in [0.4, 0.5) is 0 Å². The molecule has 3 rings (SSSR count). The molecule has 0 heterocycles. The third-order valence-corrected chi connectivity index (χ3v) is 5.64. The maximum Gasteiger partial charge on any atom is 0.237 e. The van der Waals surface area contributed by atoms with E-state index in [2.05, 4.69) is 4.72 Å². The summed E-state index contributed by atoms with van der Waals surface area (Å²) in [4.78, 5) is 0.415. The number of aliphatic hydroxyl groups is 1. The van der Waals surface area contributed by atoms with Gasteiger partial charge in [-0.1, -0.05) is 48.5 Å². The quantitative estimate of drug-likeness (QED) is 0.886. The van der Waals surface area contributed by atoms with Gasteiger partial charge in [0.05, 0.1) is 11.5 Å². The summed E-state index contributed by atoms with van der Waals surface area (Å²) in [6, 6.07) is 15.1. The van der Waals surface area contributed by atoms with Gasteiger partial charge in [-0.05, 0) is 41.2 Å². The zero-order valence-electron chi connectivity index (χ0n) is 12.7. The van der Waals surface area contributed by atoms with E-state index in [0.717, 1.165) is 23.1 Å². The smallest absolute Gasteiger partial charge is 0.237 e. The van der Waals surface area contributed by atoms with Crippen molar-refractivity contribution in [2.75, 3.05) is 0 Å². The van der Waals surface area contributed by atoms with Crippen LogP contribution >= 0.6 is 0 Å². The van der Waals surface area contributed by atoms with Gasteiger partial charge in [-0.25, -0.2) is 13.1 Å². The molecule has 0 aliphatic heterocycles. The molecule has 0 aromatic heterocycles. The van der Waals surface area contributed by atoms with Crippen molar-refractivity contribution < 1.29 is 13.5 Å². The highest BCUT2D eigenvalue weighted by molar-refractivity contribution is 7.93. The third-order valence-electron chi connectivity index (χ3n) is 4.10. The molecule has 2 N–H and O–H groups in total. The molecule has 0 bridgehead atoms. The van der Waals surface area contributed by atoms with Crippen LogP contribution in [0.1, 0.15) is 28.7 Å². The largest absolute Gasteiger partial charge is 0.392 e. The van der Waals surface area contributed by atoms with Crippen LogP contribution in [0.15, 0.2) is 53.4 Å². The zero-order chi connectivity index (χ0) is 16.3. The molecule has 0 spiro atoms. The van der Waals surface area contributed by atoms with Gasteiger partial charge in [-0.3, -0.25) is 0 Å². The van der Waals surface area contributed by atoms with Gasteiger partial charge in [0.2, 0.25) is 10.0 Å². The summed E-state index contributed by atoms with van der Waals surface area (Å²) >= 11 is 0. The summed E-state index contributed by atoms with van der Waals surface area (Å²) < 4.78 is 27.7. The fourth-order valence-electron chi connectivity index (χ4n) is 2.77. The molecule has 1 aliphatic rings. The number of fused-ring (bicyclic) bond motifs is 1. The Morgan fingerprint density at radius 2 is 1.65 bits per heavy atom. The number of allylic oxidation sites excluding steroid dienone is 1. The molecule has 0 atom stereocenters. The standard InChI is InChI=1S/C18H19NO3S/c20-13-17-8-4-3-7-16(17)12-19-23(21,22)18-10-9-14-5-1-2-6-15(14)11-18/h1-8,11,19-20H,9-10,12-13H2. The Morgan fingerprint density at radius 1 is 0.957 bits per heavy atom. The van der Waals surface area contributed by atoms with Gasteiger partial charge in [-0.2, -0.15) is 0 Å². The van der Waals surface area contributed by atoms with E-state index in [1.165, 1.54) is 5.56 Å². The van der Waals surface area contributed by atoms with Gasteiger partial charge in [-0.15, -0.1) is 0 Å². The van der Waals surface area contributed by atoms with Crippen molar-refractivity contribution in [1.29, 1.82) is 0 Å². The Morgan fingerprint density at radius 3 is 2.43 bits per heavy atom. The Balaban J connectivity index is 1.79. The highest BCUT2D eigenvalue weighted by atomic mass is 32.2. The van der Waals surface area contributed by atoms with E-state index >= 15 is 0 Å². The van der Waals surface area contributed by atoms with Crippen molar-refractivity contribution in [2.24, 2.45) is 0 Å². The molecule has 0 saturated heterocycles. The average molecular weight is 329 g/mol. The van der Waals surface area contributed by atoms with Gasteiger partial charge in [0.15, 0.2) is 0 Å². The maximum absolute atomic E-state index is 12.5. The second-order valence-electron chi connectivity index (χ2n) is 5.56. The van der Waals surface area contributed by atoms with Gasteiger partial charge < -0.3 is 5.11 Å². The molecule has 0 amide bonds. The van der Waals surface area contributed by atoms with Crippen LogP contribution in [0.25, 0.3) is 6.08 Å². The summed E-state index contributed by atoms with van der Waals surface area (Å²) in [5.41, 5.74) is 3.67. The number of aryl methyl sites for hydroxylation is 1. The molecule has 0 saturated carbocycles. The van der Waals surface area contributed by atoms with E-state index < -0.39 is 10.0 Å². The van der Waals surface area contributed by atoms with Crippen LogP contribution in [-0.2, 0) is 29.6 Å². The summed E-state index contributed by atoms with van der Waals surface area (Å²) in [5, 5.41) is 9.32. The zero-order valence-corrected chi connectivity index (χ0v) is 13.5. The minimum absolute atomic E-state index is 0.103. The highest BCUT2D eigenvalue weighted by Gasteiger charge is 2.21. The van der Waals surface area contributed by atoms with Crippen molar-refractivity contribution in [1.82, 2.24) is 4.72 Å². The number of nitrogens with one attached hydrogen (secondary N) is 1. The summed E-state index contributed by atoms with van der Waals surface area (Å²) in [6.45, 7) is 0.0754. The van der Waals surface area contributed by atoms with E-state index in [4.69, 9.17) is 0 Å². The van der Waals surface area contributed by atoms with Gasteiger partial charge >= 0.3 is 0 Å². The first kappa shape index (κ1) is 15.9. The van der Waals surface area contributed by atoms with Crippen LogP contribution in [0.3, 0.4) is 0 Å². The molecule has 5 heteroatoms. The summed E-state index contributed by atoms with van der Waals surface area (Å²) in [7, 11) is -3.52. The predicted molar refractivity (Wildman–Crippen MR) is 90.9 cm³/mol. The van der Waals surface area contributed by atoms with Crippen molar-refractivity contribution in [3.63, 3.8) is 0 Å². The molecule has 120 valence electrons. The van der Waals surface area contributed by atoms with Gasteiger partial charge in [0.25, 0.3) is 0 Å². The van der Waals surface area contributed by atoms with Crippen LogP contribution < -0.4 is 4.72 Å². The Hall–Kier alpha value is -1.95. The lowest BCUT2D eigenvalue weighted by Gasteiger charge is -2.17. The highest BCUT2D eigenvalue weighted by Crippen LogP contribution is 2.26. The van der Waals surface area contributed by atoms with E-state index in [0.29, 0.717) is 11.3 Å². The first-order valence-corrected chi connectivity index (χ1v) is 9.04. The molecule has 4 nitrogen and oxygen atoms in total. The normalized spacial score (nSPS) is 14.2. The van der Waals surface area contributed by atoms with E-state index in [1.807, 2.05) is 42.5 Å². The molecule has 2 aromatic carbocycles. The number of hydrogen-bond acceptors (Lipinski definition) is 3. The molecule has 2 aromatic rings. The summed E-state index contributed by atoms with van der Waals surface area (Å²) in [5.74, 6) is 0. The van der Waals surface area contributed by atoms with Gasteiger partial charge in [0.1, 0.15) is 0 Å². The van der Waals surface area contributed by atoms with Crippen molar-refractivity contribution in [3.05, 3.63) is 75.7 Å². The molecule has 0 radical (unpaired) electrons. The van der Waals surface area contributed by atoms with E-state index in [-0.39, 0.29) is 13.2 Å². The molecular weight excluding hydrogens is 310 g/mol. The molecule has 23 heavy (non-hydrogen) atoms. The second kappa shape index (κ2) is 6.66. The topological polar surface area (TPSA) is 66.4 Å². The van der Waals surface area contributed by atoms with E-state index in [1.54, 1.807) is 12.1 Å². The first-order valence-electron chi connectivity index (χ1n) is 7.56. The Labute approximate surface area is 136 Å². The second-order valence-corrected chi connectivity index (χ2v) is 7.38. The average Bonchev–Trinajstić information content (AvgIpc) is 2.60. The lowest BCUT2D eigenvalue weighted by atomic mass is 9.98. The maximum atomic E-state index is 12.5. The molecule has 1 aliphatic carbocycles. The number of aliphatic hydroxyl groups excluding tert-OH is 1. The van der Waals surface area contributed by atoms with E-state index in [9.17, 15) is 13.5 Å². The Bertz CT molecular complexity index is 841. The van der Waals surface area contributed by atoms with Crippen molar-refractivity contribution in [3.8, 4) is 0 Å². The predicted octanol–water partition coefficient (Wildman–Crippen LogP) is 2.59. The first-order chi connectivity index (χ1) is 11.1. The monoisotopic (exact) mass is 329 g/mol. The molecule has 0 fully saturated rings. The number of sulfonamides is 1. The summed E-state index contributed by atoms with van der Waals surface area (Å²) in [6.07, 6.45) is 2.99. The molecular formula is C18H19NO3S. The Kier molecular flexibility index (Phi) is 4.61. The number of benzene rings is 2. The lowest BCUT2D eigenvalue weighted by molar-refractivity contribution is 0.280. The SMILES string of the molecule is O=S(=O)(NCc1ccccc1CO)C1=Cc2ccccc2CC1. The number of hydrogen-bond donors (Lipinski definition) is 2. The fourth-order valence-corrected chi connectivity index (χ4v) is 3.95. The fraction of sp³-hybridized carbons (Fsp3) is 0.222. The van der Waals surface area contributed by atoms with Crippen LogP contribution in [0.5, 0.6) is 0 Å². The van der Waals surface area contributed by atoms with Crippen LogP contribution in [0, 0.1) is 0 Å². The third kappa shape index (κ3) is 3.52. The number of rotatable bonds is 5. The minimum Gasteiger partial charge on any atom is -0.392 e. The van der Waals surface area contributed by atoms with Crippen LogP contribution in [-0.4, -0.2) is 13.5 Å². The van der Waals surface area contributed by atoms with Crippen molar-refractivity contribution >= 4 is 16.1 Å².